The second-order valence-electron chi connectivity index (χ2n) is 6.43. The van der Waals surface area contributed by atoms with Gasteiger partial charge in [0.05, 0.1) is 0 Å². The number of urea groups is 1. The largest absolute Gasteiger partial charge is 0.324 e. The van der Waals surface area contributed by atoms with Crippen molar-refractivity contribution in [3.8, 4) is 0 Å². The molecule has 0 spiro atoms. The first-order chi connectivity index (χ1) is 11.9. The van der Waals surface area contributed by atoms with Crippen LogP contribution in [0, 0.1) is 18.7 Å². The second-order valence-corrected chi connectivity index (χ2v) is 6.43. The minimum atomic E-state index is -0.228. The highest BCUT2D eigenvalue weighted by Crippen LogP contribution is 2.25. The standard InChI is InChI=1S/C17H21FN6O/c1-11-6-13(9-15(18)7-11)8-14-4-5-24(10-12(14)2)17(25)19-16-20-21-22-23(16)3/h6-9,12H,4-5,10H2,1-3H3,(H,19,20,22,25)/b14-8+. The fraction of sp³-hybridized carbons (Fsp3) is 0.412. The monoisotopic (exact) mass is 344 g/mol. The van der Waals surface area contributed by atoms with Crippen LogP contribution in [0.3, 0.4) is 0 Å². The van der Waals surface area contributed by atoms with Gasteiger partial charge in [-0.25, -0.2) is 13.9 Å². The maximum absolute atomic E-state index is 13.6. The number of carbonyl (C=O) groups excluding carboxylic acids is 1. The molecule has 3 rings (SSSR count). The van der Waals surface area contributed by atoms with E-state index < -0.39 is 0 Å². The van der Waals surface area contributed by atoms with E-state index in [0.717, 1.165) is 17.5 Å². The molecule has 8 heteroatoms. The van der Waals surface area contributed by atoms with Gasteiger partial charge in [-0.1, -0.05) is 29.7 Å². The number of carbonyl (C=O) groups is 1. The number of hydrogen-bond donors (Lipinski definition) is 1. The van der Waals surface area contributed by atoms with Crippen molar-refractivity contribution in [1.29, 1.82) is 0 Å². The molecule has 2 aromatic rings. The fourth-order valence-corrected chi connectivity index (χ4v) is 3.02. The van der Waals surface area contributed by atoms with Gasteiger partial charge in [0, 0.05) is 20.1 Å². The Morgan fingerprint density at radius 3 is 2.84 bits per heavy atom. The number of aromatic nitrogens is 4. The molecule has 1 unspecified atom stereocenters. The Morgan fingerprint density at radius 2 is 2.20 bits per heavy atom. The Bertz CT molecular complexity index is 795. The van der Waals surface area contributed by atoms with Crippen molar-refractivity contribution in [2.75, 3.05) is 18.4 Å². The van der Waals surface area contributed by atoms with E-state index in [4.69, 9.17) is 0 Å². The van der Waals surface area contributed by atoms with Crippen LogP contribution in [0.1, 0.15) is 24.5 Å². The summed E-state index contributed by atoms with van der Waals surface area (Å²) in [7, 11) is 1.66. The average molecular weight is 344 g/mol. The summed E-state index contributed by atoms with van der Waals surface area (Å²) >= 11 is 0. The molecule has 1 atom stereocenters. The molecule has 7 nitrogen and oxygen atoms in total. The highest BCUT2D eigenvalue weighted by atomic mass is 19.1. The van der Waals surface area contributed by atoms with Crippen LogP contribution >= 0.6 is 0 Å². The topological polar surface area (TPSA) is 75.9 Å². The van der Waals surface area contributed by atoms with Crippen LogP contribution in [-0.4, -0.2) is 44.2 Å². The summed E-state index contributed by atoms with van der Waals surface area (Å²) in [6.07, 6.45) is 2.78. The molecule has 2 heterocycles. The van der Waals surface area contributed by atoms with Gasteiger partial charge < -0.3 is 4.90 Å². The van der Waals surface area contributed by atoms with Crippen molar-refractivity contribution in [3.63, 3.8) is 0 Å². The molecule has 1 aromatic heterocycles. The molecule has 1 fully saturated rings. The van der Waals surface area contributed by atoms with Gasteiger partial charge in [0.1, 0.15) is 5.82 Å². The normalized spacial score (nSPS) is 19.3. The summed E-state index contributed by atoms with van der Waals surface area (Å²) in [5.74, 6) is 0.281. The number of nitrogens with zero attached hydrogens (tertiary/aromatic N) is 5. The molecule has 25 heavy (non-hydrogen) atoms. The molecule has 1 aromatic carbocycles. The Morgan fingerprint density at radius 1 is 1.40 bits per heavy atom. The first kappa shape index (κ1) is 17.1. The lowest BCUT2D eigenvalue weighted by Gasteiger charge is -2.33. The van der Waals surface area contributed by atoms with Gasteiger partial charge in [0.25, 0.3) is 5.95 Å². The van der Waals surface area contributed by atoms with E-state index in [9.17, 15) is 9.18 Å². The van der Waals surface area contributed by atoms with Gasteiger partial charge in [-0.2, -0.15) is 0 Å². The number of nitrogens with one attached hydrogen (secondary N) is 1. The molecule has 1 aliphatic heterocycles. The Kier molecular flexibility index (Phi) is 4.78. The molecule has 0 saturated carbocycles. The average Bonchev–Trinajstić information content (AvgIpc) is 2.93. The number of amides is 2. The number of halogens is 1. The van der Waals surface area contributed by atoms with Crippen molar-refractivity contribution in [1.82, 2.24) is 25.1 Å². The van der Waals surface area contributed by atoms with Crippen molar-refractivity contribution >= 4 is 18.1 Å². The Balaban J connectivity index is 1.67. The van der Waals surface area contributed by atoms with Crippen LogP contribution in [0.15, 0.2) is 23.8 Å². The summed E-state index contributed by atoms with van der Waals surface area (Å²) in [5.41, 5.74) is 2.98. The molecule has 1 saturated heterocycles. The number of benzene rings is 1. The van der Waals surface area contributed by atoms with Crippen molar-refractivity contribution in [2.45, 2.75) is 20.3 Å². The SMILES string of the molecule is Cc1cc(F)cc(/C=C2\CCN(C(=O)Nc3nnnn3C)CC2C)c1. The number of hydrogen-bond acceptors (Lipinski definition) is 4. The maximum atomic E-state index is 13.6. The molecule has 0 bridgehead atoms. The van der Waals surface area contributed by atoms with Gasteiger partial charge in [-0.3, -0.25) is 5.32 Å². The summed E-state index contributed by atoms with van der Waals surface area (Å²) in [6.45, 7) is 5.14. The predicted octanol–water partition coefficient (Wildman–Crippen LogP) is 2.61. The summed E-state index contributed by atoms with van der Waals surface area (Å²) < 4.78 is 15.0. The first-order valence-electron chi connectivity index (χ1n) is 8.18. The third-order valence-electron chi connectivity index (χ3n) is 4.34. The lowest BCUT2D eigenvalue weighted by atomic mass is 9.91. The third kappa shape index (κ3) is 4.01. The zero-order valence-electron chi connectivity index (χ0n) is 14.5. The quantitative estimate of drug-likeness (QED) is 0.909. The minimum Gasteiger partial charge on any atom is -0.324 e. The highest BCUT2D eigenvalue weighted by molar-refractivity contribution is 5.87. The van der Waals surface area contributed by atoms with Gasteiger partial charge in [-0.05, 0) is 52.9 Å². The van der Waals surface area contributed by atoms with Gasteiger partial charge in [0.15, 0.2) is 0 Å². The molecule has 2 amide bonds. The summed E-state index contributed by atoms with van der Waals surface area (Å²) in [5, 5.41) is 13.6. The third-order valence-corrected chi connectivity index (χ3v) is 4.34. The second kappa shape index (κ2) is 7.00. The van der Waals surface area contributed by atoms with E-state index in [1.54, 1.807) is 11.9 Å². The zero-order chi connectivity index (χ0) is 18.0. The molecule has 0 aliphatic carbocycles. The van der Waals surface area contributed by atoms with Crippen LogP contribution in [0.2, 0.25) is 0 Å². The van der Waals surface area contributed by atoms with Crippen LogP contribution in [-0.2, 0) is 7.05 Å². The highest BCUT2D eigenvalue weighted by Gasteiger charge is 2.25. The molecule has 1 aliphatic rings. The van der Waals surface area contributed by atoms with Gasteiger partial charge >= 0.3 is 6.03 Å². The van der Waals surface area contributed by atoms with Crippen molar-refractivity contribution in [3.05, 3.63) is 40.7 Å². The minimum absolute atomic E-state index is 0.195. The van der Waals surface area contributed by atoms with E-state index >= 15 is 0 Å². The smallest absolute Gasteiger partial charge is 0.324 e. The number of tetrazole rings is 1. The fourth-order valence-electron chi connectivity index (χ4n) is 3.02. The molecule has 1 N–H and O–H groups in total. The zero-order valence-corrected chi connectivity index (χ0v) is 14.5. The van der Waals surface area contributed by atoms with E-state index in [0.29, 0.717) is 19.0 Å². The van der Waals surface area contributed by atoms with Crippen molar-refractivity contribution in [2.24, 2.45) is 13.0 Å². The number of rotatable bonds is 2. The molecular weight excluding hydrogens is 323 g/mol. The molecular formula is C17H21FN6O. The molecule has 0 radical (unpaired) electrons. The lowest BCUT2D eigenvalue weighted by Crippen LogP contribution is -2.42. The number of piperidine rings is 1. The van der Waals surface area contributed by atoms with Crippen LogP contribution in [0.25, 0.3) is 6.08 Å². The van der Waals surface area contributed by atoms with E-state index in [1.807, 2.05) is 19.1 Å². The summed E-state index contributed by atoms with van der Waals surface area (Å²) in [4.78, 5) is 14.1. The van der Waals surface area contributed by atoms with E-state index in [1.165, 1.54) is 22.4 Å². The lowest BCUT2D eigenvalue weighted by molar-refractivity contribution is 0.197. The van der Waals surface area contributed by atoms with Crippen LogP contribution < -0.4 is 5.32 Å². The Hall–Kier alpha value is -2.77. The van der Waals surface area contributed by atoms with Crippen molar-refractivity contribution < 1.29 is 9.18 Å². The molecule has 132 valence electrons. The maximum Gasteiger partial charge on any atom is 0.324 e. The summed E-state index contributed by atoms with van der Waals surface area (Å²) in [6, 6.07) is 4.79. The predicted molar refractivity (Wildman–Crippen MR) is 92.3 cm³/mol. The number of aryl methyl sites for hydroxylation is 2. The Labute approximate surface area is 145 Å². The van der Waals surface area contributed by atoms with Crippen LogP contribution in [0.5, 0.6) is 0 Å². The van der Waals surface area contributed by atoms with Gasteiger partial charge in [-0.15, -0.1) is 0 Å². The van der Waals surface area contributed by atoms with E-state index in [-0.39, 0.29) is 17.8 Å². The number of anilines is 1. The number of likely N-dealkylation sites (tertiary alicyclic amines) is 1. The first-order valence-corrected chi connectivity index (χ1v) is 8.18. The van der Waals surface area contributed by atoms with Gasteiger partial charge in [0.2, 0.25) is 0 Å². The van der Waals surface area contributed by atoms with Crippen LogP contribution in [0.4, 0.5) is 15.1 Å². The van der Waals surface area contributed by atoms with E-state index in [2.05, 4.69) is 27.8 Å².